The zero-order chi connectivity index (χ0) is 41.2. The number of primary amides is 2. The summed E-state index contributed by atoms with van der Waals surface area (Å²) >= 11 is 0. The van der Waals surface area contributed by atoms with Crippen LogP contribution in [0, 0.1) is 5.41 Å². The van der Waals surface area contributed by atoms with E-state index in [1.807, 2.05) is 33.8 Å². The van der Waals surface area contributed by atoms with E-state index in [2.05, 4.69) is 31.0 Å². The van der Waals surface area contributed by atoms with Crippen LogP contribution in [0.3, 0.4) is 0 Å². The quantitative estimate of drug-likeness (QED) is 0.0262. The highest BCUT2D eigenvalue weighted by Crippen LogP contribution is 2.31. The van der Waals surface area contributed by atoms with Gasteiger partial charge >= 0.3 is 0 Å². The average molecular weight is 781 g/mol. The molecule has 4 amide bonds. The lowest BCUT2D eigenvalue weighted by molar-refractivity contribution is -0.113. The van der Waals surface area contributed by atoms with Crippen LogP contribution in [0.5, 0.6) is 5.75 Å². The van der Waals surface area contributed by atoms with Crippen LogP contribution in [-0.4, -0.2) is 83.1 Å². The second-order valence-electron chi connectivity index (χ2n) is 12.8. The van der Waals surface area contributed by atoms with Crippen molar-refractivity contribution < 1.29 is 29.0 Å². The number of aryl methyl sites for hydroxylation is 2. The van der Waals surface area contributed by atoms with E-state index in [0.717, 1.165) is 5.69 Å². The summed E-state index contributed by atoms with van der Waals surface area (Å²) in [5, 5.41) is 30.8. The average Bonchev–Trinajstić information content (AvgIpc) is 3.88. The minimum absolute atomic E-state index is 0.117. The van der Waals surface area contributed by atoms with Gasteiger partial charge in [0.05, 0.1) is 28.9 Å². The number of nitrogens with two attached hydrogens (primary N) is 2. The van der Waals surface area contributed by atoms with Crippen molar-refractivity contribution in [2.24, 2.45) is 11.5 Å². The standard InChI is InChI=1S/C39H48N12O6/c1-5-25(40)21-29(43-7-3)36(55)46-39-45-28-18-24(35(42)54)20-32(57-17-11-16-52)33(28)50(39)15-10-9-14-49-30-19-23(34(41)53)12-13-27(30)44-38(49)47-37(56)31-22-26(6-2)48-51(31)8-4/h9-10,12-13,18-22,40,43,52H,5-8,11,14-17H2,1-4H3,(H2,41,53)(H2,42,54)(H,44,47,56)(H,45,46,55)/b10-9+,29-21-,40-25?. The highest BCUT2D eigenvalue weighted by molar-refractivity contribution is 6.08. The second-order valence-corrected chi connectivity index (χ2v) is 12.8. The number of aliphatic hydroxyl groups excluding tert-OH is 1. The van der Waals surface area contributed by atoms with Crippen molar-refractivity contribution in [1.29, 1.82) is 5.41 Å². The summed E-state index contributed by atoms with van der Waals surface area (Å²) in [5.41, 5.74) is 15.0. The third kappa shape index (κ3) is 9.53. The fourth-order valence-corrected chi connectivity index (χ4v) is 5.98. The number of fused-ring (bicyclic) bond motifs is 2. The van der Waals surface area contributed by atoms with Gasteiger partial charge in [-0.25, -0.2) is 9.97 Å². The lowest BCUT2D eigenvalue weighted by atomic mass is 10.1. The number of carbonyl (C=O) groups excluding carboxylic acids is 4. The van der Waals surface area contributed by atoms with Gasteiger partial charge in [0.25, 0.3) is 11.8 Å². The van der Waals surface area contributed by atoms with Crippen LogP contribution < -0.4 is 32.2 Å². The summed E-state index contributed by atoms with van der Waals surface area (Å²) in [5.74, 6) is -1.68. The summed E-state index contributed by atoms with van der Waals surface area (Å²) in [6.07, 6.45) is 6.46. The number of allylic oxidation sites excluding steroid dienone is 3. The first-order valence-electron chi connectivity index (χ1n) is 18.7. The van der Waals surface area contributed by atoms with Crippen LogP contribution in [0.25, 0.3) is 22.1 Å². The number of carbonyl (C=O) groups is 4. The molecule has 0 fully saturated rings. The minimum Gasteiger partial charge on any atom is -0.491 e. The Morgan fingerprint density at radius 1 is 0.895 bits per heavy atom. The number of rotatable bonds is 20. The molecule has 18 nitrogen and oxygen atoms in total. The van der Waals surface area contributed by atoms with Crippen molar-refractivity contribution in [2.75, 3.05) is 30.4 Å². The molecule has 5 aromatic rings. The first-order chi connectivity index (χ1) is 27.4. The smallest absolute Gasteiger partial charge is 0.276 e. The summed E-state index contributed by atoms with van der Waals surface area (Å²) in [4.78, 5) is 60.9. The van der Waals surface area contributed by atoms with E-state index in [1.165, 1.54) is 18.2 Å². The molecular weight excluding hydrogens is 733 g/mol. The maximum Gasteiger partial charge on any atom is 0.276 e. The summed E-state index contributed by atoms with van der Waals surface area (Å²) in [7, 11) is 0. The first-order valence-corrected chi connectivity index (χ1v) is 18.7. The van der Waals surface area contributed by atoms with Gasteiger partial charge in [-0.15, -0.1) is 0 Å². The second kappa shape index (κ2) is 18.7. The molecule has 0 saturated heterocycles. The number of hydrogen-bond acceptors (Lipinski definition) is 11. The number of hydrogen-bond donors (Lipinski definition) is 7. The van der Waals surface area contributed by atoms with E-state index in [0.29, 0.717) is 60.1 Å². The number of likely N-dealkylation sites (N-methyl/N-ethyl adjacent to an activating group) is 1. The molecule has 3 heterocycles. The van der Waals surface area contributed by atoms with E-state index in [1.54, 1.807) is 44.2 Å². The molecule has 0 radical (unpaired) electrons. The molecule has 9 N–H and O–H groups in total. The van der Waals surface area contributed by atoms with Crippen molar-refractivity contribution in [3.63, 3.8) is 0 Å². The number of ether oxygens (including phenoxy) is 1. The molecule has 0 unspecified atom stereocenters. The molecule has 300 valence electrons. The van der Waals surface area contributed by atoms with Crippen molar-refractivity contribution >= 4 is 63.3 Å². The molecule has 0 spiro atoms. The van der Waals surface area contributed by atoms with E-state index < -0.39 is 23.6 Å². The van der Waals surface area contributed by atoms with Crippen LogP contribution in [0.1, 0.15) is 77.4 Å². The lowest BCUT2D eigenvalue weighted by Crippen LogP contribution is -2.27. The molecule has 0 aliphatic rings. The van der Waals surface area contributed by atoms with Crippen molar-refractivity contribution in [1.82, 2.24) is 34.2 Å². The zero-order valence-corrected chi connectivity index (χ0v) is 32.4. The molecule has 18 heteroatoms. The Kier molecular flexibility index (Phi) is 13.5. The molecular formula is C39H48N12O6. The largest absolute Gasteiger partial charge is 0.491 e. The third-order valence-electron chi connectivity index (χ3n) is 8.91. The highest BCUT2D eigenvalue weighted by atomic mass is 16.5. The molecule has 3 aromatic heterocycles. The number of anilines is 2. The number of nitrogens with one attached hydrogen (secondary N) is 4. The molecule has 5 rings (SSSR count). The molecule has 57 heavy (non-hydrogen) atoms. The predicted octanol–water partition coefficient (Wildman–Crippen LogP) is 3.49. The fraction of sp³-hybridized carbons (Fsp3) is 0.333. The van der Waals surface area contributed by atoms with Crippen molar-refractivity contribution in [3.8, 4) is 5.75 Å². The Bertz CT molecular complexity index is 2390. The van der Waals surface area contributed by atoms with E-state index >= 15 is 0 Å². The number of amides is 4. The van der Waals surface area contributed by atoms with E-state index in [-0.39, 0.29) is 66.5 Å². The van der Waals surface area contributed by atoms with Gasteiger partial charge in [0.1, 0.15) is 22.7 Å². The van der Waals surface area contributed by atoms with Gasteiger partial charge in [0.15, 0.2) is 0 Å². The number of aliphatic hydroxyl groups is 1. The molecule has 0 aliphatic carbocycles. The minimum atomic E-state index is -0.709. The molecule has 0 aliphatic heterocycles. The third-order valence-corrected chi connectivity index (χ3v) is 8.91. The first kappa shape index (κ1) is 41.3. The molecule has 0 atom stereocenters. The van der Waals surface area contributed by atoms with E-state index in [4.69, 9.17) is 21.6 Å². The van der Waals surface area contributed by atoms with Crippen LogP contribution in [0.15, 0.2) is 60.3 Å². The summed E-state index contributed by atoms with van der Waals surface area (Å²) in [6, 6.07) is 9.55. The summed E-state index contributed by atoms with van der Waals surface area (Å²) in [6.45, 7) is 8.70. The van der Waals surface area contributed by atoms with E-state index in [9.17, 15) is 24.3 Å². The van der Waals surface area contributed by atoms with Gasteiger partial charge in [0.2, 0.25) is 23.7 Å². The summed E-state index contributed by atoms with van der Waals surface area (Å²) < 4.78 is 11.1. The fourth-order valence-electron chi connectivity index (χ4n) is 5.98. The SMILES string of the molecule is CCN/C(=C\C(=N)CC)C(=O)Nc1nc2cc(C(N)=O)cc(OCCCO)c2n1C/C=C/Cn1c(NC(=O)c2cc(CC)nn2CC)nc2ccc(C(N)=O)cc21. The number of aromatic nitrogens is 6. The Morgan fingerprint density at radius 2 is 1.60 bits per heavy atom. The number of nitrogens with zero attached hydrogens (tertiary/aromatic N) is 6. The van der Waals surface area contributed by atoms with Gasteiger partial charge in [0, 0.05) is 56.0 Å². The van der Waals surface area contributed by atoms with Crippen LogP contribution in [0.4, 0.5) is 11.9 Å². The topological polar surface area (TPSA) is 263 Å². The zero-order valence-electron chi connectivity index (χ0n) is 32.4. The molecule has 0 saturated carbocycles. The number of benzene rings is 2. The van der Waals surface area contributed by atoms with Crippen LogP contribution in [0.2, 0.25) is 0 Å². The van der Waals surface area contributed by atoms with Gasteiger partial charge < -0.3 is 41.2 Å². The monoisotopic (exact) mass is 780 g/mol. The lowest BCUT2D eigenvalue weighted by Gasteiger charge is -2.14. The van der Waals surface area contributed by atoms with Crippen molar-refractivity contribution in [3.05, 3.63) is 82.8 Å². The predicted molar refractivity (Wildman–Crippen MR) is 216 cm³/mol. The normalized spacial score (nSPS) is 11.7. The van der Waals surface area contributed by atoms with Gasteiger partial charge in [-0.2, -0.15) is 5.10 Å². The maximum absolute atomic E-state index is 13.6. The van der Waals surface area contributed by atoms with Gasteiger partial charge in [-0.05, 0) is 69.2 Å². The maximum atomic E-state index is 13.6. The Balaban J connectivity index is 1.55. The highest BCUT2D eigenvalue weighted by Gasteiger charge is 2.22. The van der Waals surface area contributed by atoms with Crippen LogP contribution in [-0.2, 0) is 30.8 Å². The Morgan fingerprint density at radius 3 is 2.25 bits per heavy atom. The van der Waals surface area contributed by atoms with Crippen molar-refractivity contribution in [2.45, 2.75) is 66.6 Å². The molecule has 0 bridgehead atoms. The molecule has 2 aromatic carbocycles. The van der Waals surface area contributed by atoms with Gasteiger partial charge in [-0.1, -0.05) is 26.0 Å². The van der Waals surface area contributed by atoms with Crippen LogP contribution >= 0.6 is 0 Å². The Hall–Kier alpha value is -6.82. The Labute approximate surface area is 328 Å². The number of imidazole rings is 2. The van der Waals surface area contributed by atoms with Gasteiger partial charge in [-0.3, -0.25) is 34.5 Å².